The smallest absolute Gasteiger partial charge is 0.253 e. The summed E-state index contributed by atoms with van der Waals surface area (Å²) < 4.78 is 0. The molecule has 3 rings (SSSR count). The van der Waals surface area contributed by atoms with Crippen LogP contribution in [0.4, 0.5) is 0 Å². The van der Waals surface area contributed by atoms with Crippen LogP contribution in [0.5, 0.6) is 0 Å². The Morgan fingerprint density at radius 1 is 0.839 bits per heavy atom. The highest BCUT2D eigenvalue weighted by Crippen LogP contribution is 2.17. The van der Waals surface area contributed by atoms with Crippen LogP contribution in [0.15, 0.2) is 24.3 Å². The van der Waals surface area contributed by atoms with E-state index >= 15 is 0 Å². The summed E-state index contributed by atoms with van der Waals surface area (Å²) in [7, 11) is 0. The van der Waals surface area contributed by atoms with Crippen LogP contribution in [-0.2, 0) is 4.79 Å². The number of amides is 2. The number of benzene rings is 1. The Kier molecular flexibility index (Phi) is 8.50. The second-order valence-corrected chi connectivity index (χ2v) is 9.40. The molecule has 2 amide bonds. The molecular weight excluding hydrogens is 388 g/mol. The quantitative estimate of drug-likeness (QED) is 0.670. The highest BCUT2D eigenvalue weighted by Gasteiger charge is 2.27. The Bertz CT molecular complexity index is 718. The third-order valence-corrected chi connectivity index (χ3v) is 6.84. The summed E-state index contributed by atoms with van der Waals surface area (Å²) in [4.78, 5) is 34.2. The van der Waals surface area contributed by atoms with Crippen molar-refractivity contribution in [3.8, 4) is 0 Å². The minimum atomic E-state index is 0.0959. The van der Waals surface area contributed by atoms with Crippen LogP contribution >= 0.6 is 0 Å². The molecule has 0 bridgehead atoms. The Morgan fingerprint density at radius 2 is 1.42 bits per heavy atom. The first-order valence-electron chi connectivity index (χ1n) is 12.0. The van der Waals surface area contributed by atoms with Gasteiger partial charge in [-0.25, -0.2) is 0 Å². The number of nitrogens with zero attached hydrogens (tertiary/aromatic N) is 4. The van der Waals surface area contributed by atoms with Crippen molar-refractivity contribution in [1.29, 1.82) is 0 Å². The molecule has 2 aliphatic rings. The highest BCUT2D eigenvalue weighted by molar-refractivity contribution is 5.94. The van der Waals surface area contributed by atoms with Gasteiger partial charge in [-0.05, 0) is 37.0 Å². The van der Waals surface area contributed by atoms with Gasteiger partial charge < -0.3 is 9.80 Å². The number of rotatable bonds is 7. The van der Waals surface area contributed by atoms with E-state index in [0.717, 1.165) is 44.8 Å². The largest absolute Gasteiger partial charge is 0.339 e. The Labute approximate surface area is 188 Å². The molecule has 172 valence electrons. The monoisotopic (exact) mass is 428 g/mol. The second-order valence-electron chi connectivity index (χ2n) is 9.40. The minimum Gasteiger partial charge on any atom is -0.339 e. The molecule has 1 aromatic carbocycles. The van der Waals surface area contributed by atoms with E-state index in [9.17, 15) is 9.59 Å². The van der Waals surface area contributed by atoms with Gasteiger partial charge >= 0.3 is 0 Å². The molecule has 2 fully saturated rings. The van der Waals surface area contributed by atoms with Crippen molar-refractivity contribution in [2.45, 2.75) is 52.5 Å². The fourth-order valence-electron chi connectivity index (χ4n) is 4.61. The standard InChI is InChI=1S/C25H40N4O2/c1-5-6-21(4)27-15-17-28(18-16-27)24(30)19-26-11-13-29(14-12-26)25(31)23-9-7-22(8-10-23)20(2)3/h7-10,20-21H,5-6,11-19H2,1-4H3. The van der Waals surface area contributed by atoms with E-state index in [2.05, 4.69) is 49.6 Å². The zero-order valence-electron chi connectivity index (χ0n) is 19.8. The Morgan fingerprint density at radius 3 is 1.97 bits per heavy atom. The molecule has 1 aromatic rings. The zero-order valence-corrected chi connectivity index (χ0v) is 19.8. The van der Waals surface area contributed by atoms with Crippen LogP contribution in [0.2, 0.25) is 0 Å². The van der Waals surface area contributed by atoms with Gasteiger partial charge in [-0.2, -0.15) is 0 Å². The lowest BCUT2D eigenvalue weighted by molar-refractivity contribution is -0.134. The van der Waals surface area contributed by atoms with Gasteiger partial charge in [-0.15, -0.1) is 0 Å². The number of hydrogen-bond acceptors (Lipinski definition) is 4. The van der Waals surface area contributed by atoms with Crippen molar-refractivity contribution in [2.24, 2.45) is 0 Å². The zero-order chi connectivity index (χ0) is 22.4. The molecule has 6 nitrogen and oxygen atoms in total. The van der Waals surface area contributed by atoms with Crippen LogP contribution in [-0.4, -0.2) is 96.4 Å². The summed E-state index contributed by atoms with van der Waals surface area (Å²) in [6.45, 7) is 15.8. The minimum absolute atomic E-state index is 0.0959. The number of carbonyl (C=O) groups is 2. The van der Waals surface area contributed by atoms with Crippen molar-refractivity contribution < 1.29 is 9.59 Å². The molecule has 2 heterocycles. The summed E-state index contributed by atoms with van der Waals surface area (Å²) in [6, 6.07) is 8.59. The number of carbonyl (C=O) groups excluding carboxylic acids is 2. The molecule has 0 spiro atoms. The van der Waals surface area contributed by atoms with Crippen LogP contribution in [0.3, 0.4) is 0 Å². The summed E-state index contributed by atoms with van der Waals surface area (Å²) in [5.74, 6) is 0.790. The van der Waals surface area contributed by atoms with Gasteiger partial charge in [-0.1, -0.05) is 39.3 Å². The SMILES string of the molecule is CCCC(C)N1CCN(C(=O)CN2CCN(C(=O)c3ccc(C(C)C)cc3)CC2)CC1. The molecular formula is C25H40N4O2. The summed E-state index contributed by atoms with van der Waals surface area (Å²) in [5.41, 5.74) is 2.00. The molecule has 2 saturated heterocycles. The molecule has 1 atom stereocenters. The topological polar surface area (TPSA) is 47.1 Å². The van der Waals surface area contributed by atoms with Crippen molar-refractivity contribution in [1.82, 2.24) is 19.6 Å². The fourth-order valence-corrected chi connectivity index (χ4v) is 4.61. The normalized spacial score (nSPS) is 19.6. The van der Waals surface area contributed by atoms with E-state index in [1.807, 2.05) is 21.9 Å². The van der Waals surface area contributed by atoms with E-state index in [0.29, 0.717) is 31.6 Å². The molecule has 0 aromatic heterocycles. The predicted molar refractivity (Wildman–Crippen MR) is 125 cm³/mol. The van der Waals surface area contributed by atoms with Crippen molar-refractivity contribution in [3.63, 3.8) is 0 Å². The molecule has 0 saturated carbocycles. The molecule has 0 N–H and O–H groups in total. The summed E-state index contributed by atoms with van der Waals surface area (Å²) >= 11 is 0. The first-order chi connectivity index (χ1) is 14.9. The van der Waals surface area contributed by atoms with Crippen LogP contribution < -0.4 is 0 Å². The van der Waals surface area contributed by atoms with Crippen molar-refractivity contribution in [3.05, 3.63) is 35.4 Å². The van der Waals surface area contributed by atoms with Gasteiger partial charge in [0.05, 0.1) is 6.54 Å². The predicted octanol–water partition coefficient (Wildman–Crippen LogP) is 2.90. The fraction of sp³-hybridized carbons (Fsp3) is 0.680. The average Bonchev–Trinajstić information content (AvgIpc) is 2.79. The third kappa shape index (κ3) is 6.30. The molecule has 0 radical (unpaired) electrons. The maximum Gasteiger partial charge on any atom is 0.253 e. The molecule has 31 heavy (non-hydrogen) atoms. The summed E-state index contributed by atoms with van der Waals surface area (Å²) in [6.07, 6.45) is 2.43. The maximum absolute atomic E-state index is 12.8. The summed E-state index contributed by atoms with van der Waals surface area (Å²) in [5, 5.41) is 0. The second kappa shape index (κ2) is 11.1. The number of hydrogen-bond donors (Lipinski definition) is 0. The van der Waals surface area contributed by atoms with Crippen molar-refractivity contribution in [2.75, 3.05) is 58.9 Å². The average molecular weight is 429 g/mol. The molecule has 2 aliphatic heterocycles. The van der Waals surface area contributed by atoms with Crippen LogP contribution in [0.25, 0.3) is 0 Å². The van der Waals surface area contributed by atoms with Gasteiger partial charge in [0, 0.05) is 64.0 Å². The van der Waals surface area contributed by atoms with Gasteiger partial charge in [0.1, 0.15) is 0 Å². The van der Waals surface area contributed by atoms with Gasteiger partial charge in [-0.3, -0.25) is 19.4 Å². The molecule has 0 aliphatic carbocycles. The van der Waals surface area contributed by atoms with E-state index in [-0.39, 0.29) is 11.8 Å². The first kappa shape index (κ1) is 23.7. The Hall–Kier alpha value is -1.92. The third-order valence-electron chi connectivity index (χ3n) is 6.84. The van der Waals surface area contributed by atoms with E-state index < -0.39 is 0 Å². The maximum atomic E-state index is 12.8. The lowest BCUT2D eigenvalue weighted by atomic mass is 10.0. The van der Waals surface area contributed by atoms with E-state index in [1.54, 1.807) is 0 Å². The molecule has 1 unspecified atom stereocenters. The Balaban J connectivity index is 1.42. The highest BCUT2D eigenvalue weighted by atomic mass is 16.2. The van der Waals surface area contributed by atoms with Crippen LogP contribution in [0, 0.1) is 0 Å². The number of piperazine rings is 2. The lowest BCUT2D eigenvalue weighted by Gasteiger charge is -2.39. The van der Waals surface area contributed by atoms with Crippen LogP contribution in [0.1, 0.15) is 62.4 Å². The van der Waals surface area contributed by atoms with Gasteiger partial charge in [0.2, 0.25) is 5.91 Å². The van der Waals surface area contributed by atoms with E-state index in [1.165, 1.54) is 18.4 Å². The van der Waals surface area contributed by atoms with Crippen molar-refractivity contribution >= 4 is 11.8 Å². The van der Waals surface area contributed by atoms with Gasteiger partial charge in [0.15, 0.2) is 0 Å². The van der Waals surface area contributed by atoms with E-state index in [4.69, 9.17) is 0 Å². The first-order valence-corrected chi connectivity index (χ1v) is 12.0. The lowest BCUT2D eigenvalue weighted by Crippen LogP contribution is -2.55. The molecule has 6 heteroatoms. The van der Waals surface area contributed by atoms with Gasteiger partial charge in [0.25, 0.3) is 5.91 Å².